The molecule has 60 heavy (non-hydrogen) atoms. The zero-order valence-corrected chi connectivity index (χ0v) is 33.7. The van der Waals surface area contributed by atoms with Crippen LogP contribution in [0.5, 0.6) is 0 Å². The van der Waals surface area contributed by atoms with E-state index in [0.29, 0.717) is 0 Å². The second-order valence-electron chi connectivity index (χ2n) is 15.0. The number of hydrogen-bond donors (Lipinski definition) is 0. The average Bonchev–Trinajstić information content (AvgIpc) is 3.91. The highest BCUT2D eigenvalue weighted by atomic mass is 32.1. The minimum absolute atomic E-state index is 0.806. The van der Waals surface area contributed by atoms with E-state index in [0.717, 1.165) is 61.8 Å². The van der Waals surface area contributed by atoms with E-state index >= 15 is 0 Å². The molecule has 0 saturated carbocycles. The first-order valence-corrected chi connectivity index (χ1v) is 21.6. The molecule has 6 heterocycles. The van der Waals surface area contributed by atoms with Crippen molar-refractivity contribution in [3.05, 3.63) is 194 Å². The van der Waals surface area contributed by atoms with Crippen molar-refractivity contribution >= 4 is 73.9 Å². The van der Waals surface area contributed by atoms with Crippen molar-refractivity contribution in [2.75, 3.05) is 0 Å². The molecule has 0 unspecified atom stereocenters. The molecular formula is C54H32N4S2. The minimum atomic E-state index is 0.806. The van der Waals surface area contributed by atoms with Gasteiger partial charge in [0.05, 0.1) is 38.7 Å². The van der Waals surface area contributed by atoms with Gasteiger partial charge in [-0.25, -0.2) is 9.97 Å². The average molecular weight is 801 g/mol. The van der Waals surface area contributed by atoms with Crippen LogP contribution in [-0.2, 0) is 0 Å². The van der Waals surface area contributed by atoms with Crippen LogP contribution in [0, 0.1) is 0 Å². The van der Waals surface area contributed by atoms with Crippen LogP contribution in [0.4, 0.5) is 0 Å². The molecule has 6 heteroatoms. The maximum absolute atomic E-state index is 5.47. The molecule has 0 amide bonds. The van der Waals surface area contributed by atoms with Crippen LogP contribution >= 0.6 is 22.7 Å². The summed E-state index contributed by atoms with van der Waals surface area (Å²) in [5.41, 5.74) is 13.2. The molecule has 4 nitrogen and oxygen atoms in total. The van der Waals surface area contributed by atoms with E-state index in [9.17, 15) is 0 Å². The molecule has 0 aliphatic carbocycles. The Morgan fingerprint density at radius 2 is 0.917 bits per heavy atom. The molecule has 0 radical (unpaired) electrons. The molecule has 280 valence electrons. The maximum atomic E-state index is 5.47. The van der Waals surface area contributed by atoms with E-state index in [2.05, 4.69) is 156 Å². The van der Waals surface area contributed by atoms with Gasteiger partial charge in [-0.3, -0.25) is 9.97 Å². The number of pyridine rings is 4. The SMILES string of the molecule is c1ccc(-c2cc(-c3cccc(-c4cccc(-c5nc6ccc(-c7cccc8c7sc7ccccc78)cc6c6c5sc5ccccc56)c4)c3)cc(-c3ccccn3)n2)nc1. The summed E-state index contributed by atoms with van der Waals surface area (Å²) in [5.74, 6) is 0. The van der Waals surface area contributed by atoms with Crippen molar-refractivity contribution in [3.63, 3.8) is 0 Å². The number of rotatable bonds is 6. The summed E-state index contributed by atoms with van der Waals surface area (Å²) in [5, 5.41) is 6.33. The van der Waals surface area contributed by atoms with Crippen LogP contribution in [0.3, 0.4) is 0 Å². The Morgan fingerprint density at radius 1 is 0.333 bits per heavy atom. The summed E-state index contributed by atoms with van der Waals surface area (Å²) in [6.07, 6.45) is 3.61. The molecule has 6 aromatic heterocycles. The first kappa shape index (κ1) is 34.6. The van der Waals surface area contributed by atoms with Gasteiger partial charge in [-0.1, -0.05) is 109 Å². The largest absolute Gasteiger partial charge is 0.255 e. The molecule has 0 aliphatic rings. The highest BCUT2D eigenvalue weighted by Gasteiger charge is 2.19. The van der Waals surface area contributed by atoms with Crippen LogP contribution in [0.2, 0.25) is 0 Å². The van der Waals surface area contributed by atoms with Gasteiger partial charge in [0.2, 0.25) is 0 Å². The third-order valence-corrected chi connectivity index (χ3v) is 13.8. The molecule has 12 rings (SSSR count). The number of aromatic nitrogens is 4. The predicted molar refractivity (Wildman–Crippen MR) is 254 cm³/mol. The van der Waals surface area contributed by atoms with Gasteiger partial charge in [-0.15, -0.1) is 22.7 Å². The fraction of sp³-hybridized carbons (Fsp3) is 0. The van der Waals surface area contributed by atoms with Gasteiger partial charge in [0.25, 0.3) is 0 Å². The van der Waals surface area contributed by atoms with Crippen LogP contribution in [0.1, 0.15) is 0 Å². The van der Waals surface area contributed by atoms with Gasteiger partial charge in [0.1, 0.15) is 0 Å². The van der Waals surface area contributed by atoms with Crippen LogP contribution in [-0.4, -0.2) is 19.9 Å². The maximum Gasteiger partial charge on any atom is 0.0900 e. The Morgan fingerprint density at radius 3 is 1.63 bits per heavy atom. The molecule has 0 atom stereocenters. The van der Waals surface area contributed by atoms with E-state index < -0.39 is 0 Å². The molecule has 0 N–H and O–H groups in total. The normalized spacial score (nSPS) is 11.7. The zero-order chi connectivity index (χ0) is 39.6. The van der Waals surface area contributed by atoms with Crippen molar-refractivity contribution in [1.82, 2.24) is 19.9 Å². The van der Waals surface area contributed by atoms with Gasteiger partial charge in [-0.05, 0) is 106 Å². The lowest BCUT2D eigenvalue weighted by atomic mass is 9.95. The van der Waals surface area contributed by atoms with E-state index in [1.54, 1.807) is 12.4 Å². The van der Waals surface area contributed by atoms with Crippen molar-refractivity contribution in [1.29, 1.82) is 0 Å². The first-order valence-electron chi connectivity index (χ1n) is 19.9. The fourth-order valence-corrected chi connectivity index (χ4v) is 11.0. The molecular weight excluding hydrogens is 769 g/mol. The minimum Gasteiger partial charge on any atom is -0.255 e. The van der Waals surface area contributed by atoms with Crippen molar-refractivity contribution in [2.45, 2.75) is 0 Å². The lowest BCUT2D eigenvalue weighted by Gasteiger charge is -2.12. The Kier molecular flexibility index (Phi) is 8.18. The quantitative estimate of drug-likeness (QED) is 0.168. The van der Waals surface area contributed by atoms with Crippen molar-refractivity contribution < 1.29 is 0 Å². The molecule has 0 aliphatic heterocycles. The van der Waals surface area contributed by atoms with Crippen molar-refractivity contribution in [2.24, 2.45) is 0 Å². The molecule has 12 aromatic rings. The van der Waals surface area contributed by atoms with E-state index in [-0.39, 0.29) is 0 Å². The van der Waals surface area contributed by atoms with Gasteiger partial charge in [-0.2, -0.15) is 0 Å². The summed E-state index contributed by atoms with van der Waals surface area (Å²) >= 11 is 3.70. The number of thiophene rings is 2. The summed E-state index contributed by atoms with van der Waals surface area (Å²) in [7, 11) is 0. The second-order valence-corrected chi connectivity index (χ2v) is 17.1. The third kappa shape index (κ3) is 5.88. The van der Waals surface area contributed by atoms with Gasteiger partial charge < -0.3 is 0 Å². The third-order valence-electron chi connectivity index (χ3n) is 11.4. The Hall–Kier alpha value is -7.38. The smallest absolute Gasteiger partial charge is 0.0900 e. The second kappa shape index (κ2) is 14.2. The van der Waals surface area contributed by atoms with E-state index in [1.807, 2.05) is 59.1 Å². The Labute approximate surface area is 353 Å². The Balaban J connectivity index is 0.985. The topological polar surface area (TPSA) is 51.6 Å². The van der Waals surface area contributed by atoms with Gasteiger partial charge in [0, 0.05) is 59.0 Å². The lowest BCUT2D eigenvalue weighted by Crippen LogP contribution is -1.94. The summed E-state index contributed by atoms with van der Waals surface area (Å²) < 4.78 is 5.10. The predicted octanol–water partition coefficient (Wildman–Crippen LogP) is 15.2. The van der Waals surface area contributed by atoms with Gasteiger partial charge >= 0.3 is 0 Å². The number of hydrogen-bond acceptors (Lipinski definition) is 6. The lowest BCUT2D eigenvalue weighted by molar-refractivity contribution is 1.22. The number of benzene rings is 6. The highest BCUT2D eigenvalue weighted by Crippen LogP contribution is 2.46. The zero-order valence-electron chi connectivity index (χ0n) is 32.1. The number of nitrogens with zero attached hydrogens (tertiary/aromatic N) is 4. The van der Waals surface area contributed by atoms with Crippen molar-refractivity contribution in [3.8, 4) is 67.4 Å². The van der Waals surface area contributed by atoms with E-state index in [4.69, 9.17) is 9.97 Å². The molecule has 6 aromatic carbocycles. The first-order chi connectivity index (χ1) is 29.7. The van der Waals surface area contributed by atoms with E-state index in [1.165, 1.54) is 56.9 Å². The molecule has 0 bridgehead atoms. The highest BCUT2D eigenvalue weighted by molar-refractivity contribution is 7.26. The van der Waals surface area contributed by atoms with Gasteiger partial charge in [0.15, 0.2) is 0 Å². The van der Waals surface area contributed by atoms with Crippen LogP contribution < -0.4 is 0 Å². The van der Waals surface area contributed by atoms with Crippen LogP contribution in [0.15, 0.2) is 194 Å². The summed E-state index contributed by atoms with van der Waals surface area (Å²) in [4.78, 5) is 19.7. The molecule has 0 saturated heterocycles. The monoisotopic (exact) mass is 800 g/mol. The summed E-state index contributed by atoms with van der Waals surface area (Å²) in [6, 6.07) is 64.7. The summed E-state index contributed by atoms with van der Waals surface area (Å²) in [6.45, 7) is 0. The standard InChI is InChI=1S/C54H32N4S2/c1-3-22-49-40(16-1)41-19-11-18-39(53(41)59-49)36-24-25-44-43(30-36)51-42-17-2-4-23-50(42)60-54(51)52(58-44)37-15-10-13-34(29-37)33-12-9-14-35(28-33)38-31-47(45-20-5-7-26-55-45)57-48(32-38)46-21-6-8-27-56-46/h1-32H. The number of fused-ring (bicyclic) bond motifs is 8. The molecule has 0 spiro atoms. The molecule has 0 fully saturated rings. The Bertz CT molecular complexity index is 3550. The fourth-order valence-electron chi connectivity index (χ4n) is 8.53. The van der Waals surface area contributed by atoms with Crippen LogP contribution in [0.25, 0.3) is 119 Å².